The van der Waals surface area contributed by atoms with Crippen LogP contribution >= 0.6 is 0 Å². The molecule has 4 aromatic rings. The molecule has 3 atom stereocenters. The lowest BCUT2D eigenvalue weighted by Gasteiger charge is -2.38. The molecule has 9 nitrogen and oxygen atoms in total. The van der Waals surface area contributed by atoms with Crippen LogP contribution in [0.2, 0.25) is 0 Å². The molecule has 2 aromatic carbocycles. The Morgan fingerprint density at radius 1 is 1.07 bits per heavy atom. The first-order chi connectivity index (χ1) is 19.9. The molecule has 3 fully saturated rings. The van der Waals surface area contributed by atoms with Crippen molar-refractivity contribution >= 4 is 11.7 Å². The Kier molecular flexibility index (Phi) is 6.15. The van der Waals surface area contributed by atoms with Crippen molar-refractivity contribution in [2.45, 2.75) is 30.7 Å². The van der Waals surface area contributed by atoms with E-state index < -0.39 is 0 Å². The highest BCUT2D eigenvalue weighted by atomic mass is 19.1. The predicted molar refractivity (Wildman–Crippen MR) is 152 cm³/mol. The molecule has 1 amide bonds. The molecule has 2 aromatic heterocycles. The third kappa shape index (κ3) is 4.58. The summed E-state index contributed by atoms with van der Waals surface area (Å²) in [5, 5.41) is 3.67. The Bertz CT molecular complexity index is 1650. The summed E-state index contributed by atoms with van der Waals surface area (Å²) in [6.45, 7) is 1.60. The molecule has 0 spiro atoms. The fourth-order valence-corrected chi connectivity index (χ4v) is 6.13. The van der Waals surface area contributed by atoms with E-state index in [9.17, 15) is 14.0 Å². The summed E-state index contributed by atoms with van der Waals surface area (Å²) in [4.78, 5) is 40.3. The van der Waals surface area contributed by atoms with Crippen LogP contribution < -0.4 is 21.5 Å². The van der Waals surface area contributed by atoms with Crippen LogP contribution in [0.1, 0.15) is 24.1 Å². The predicted octanol–water partition coefficient (Wildman–Crippen LogP) is 2.61. The number of anilines is 1. The summed E-state index contributed by atoms with van der Waals surface area (Å²) in [6.07, 6.45) is 7.88. The standard InChI is InChI=1S/C31H30FN7O2/c32-22-8-6-21(7-9-22)31-15-25(31)26(31)34-12-1-3-23-18-39(30(41)29(37-23)38-16-20(17-38)27(33)40)24-10-4-19(5-11-24)28-35-13-2-14-36-28/h2,4-11,13-14,18,20,25-26,34H,1,3,12,15-17H2,(H2,33,40)/t25?,26-,31-/m1/s1. The number of nitrogens with one attached hydrogen (secondary N) is 1. The lowest BCUT2D eigenvalue weighted by atomic mass is 10.00. The number of aryl methyl sites for hydroxylation is 1. The van der Waals surface area contributed by atoms with E-state index in [1.165, 1.54) is 5.56 Å². The van der Waals surface area contributed by atoms with Gasteiger partial charge in [0.15, 0.2) is 11.6 Å². The van der Waals surface area contributed by atoms with Crippen LogP contribution in [0, 0.1) is 17.7 Å². The zero-order chi connectivity index (χ0) is 28.1. The fraction of sp³-hybridized carbons (Fsp3) is 0.323. The molecular weight excluding hydrogens is 521 g/mol. The van der Waals surface area contributed by atoms with Crippen molar-refractivity contribution in [2.24, 2.45) is 17.6 Å². The number of amides is 1. The molecule has 1 unspecified atom stereocenters. The van der Waals surface area contributed by atoms with Gasteiger partial charge in [-0.1, -0.05) is 12.1 Å². The molecular formula is C31H30FN7O2. The molecule has 2 aliphatic carbocycles. The summed E-state index contributed by atoms with van der Waals surface area (Å²) in [7, 11) is 0. The Balaban J connectivity index is 1.07. The minimum atomic E-state index is -0.362. The maximum atomic E-state index is 13.5. The number of halogens is 1. The van der Waals surface area contributed by atoms with Crippen LogP contribution in [0.3, 0.4) is 0 Å². The van der Waals surface area contributed by atoms with Crippen LogP contribution in [0.4, 0.5) is 10.2 Å². The lowest BCUT2D eigenvalue weighted by molar-refractivity contribution is -0.122. The maximum Gasteiger partial charge on any atom is 0.298 e. The number of nitrogens with two attached hydrogens (primary N) is 1. The van der Waals surface area contributed by atoms with Crippen molar-refractivity contribution in [3.8, 4) is 17.1 Å². The second-order valence-electron chi connectivity index (χ2n) is 11.2. The number of carbonyl (C=O) groups is 1. The van der Waals surface area contributed by atoms with Gasteiger partial charge < -0.3 is 16.0 Å². The van der Waals surface area contributed by atoms with Gasteiger partial charge in [0.05, 0.1) is 11.6 Å². The molecule has 1 aliphatic heterocycles. The number of hydrogen-bond donors (Lipinski definition) is 2. The number of rotatable bonds is 10. The molecule has 0 radical (unpaired) electrons. The second kappa shape index (κ2) is 9.88. The second-order valence-corrected chi connectivity index (χ2v) is 11.2. The normalized spacial score (nSPS) is 22.6. The monoisotopic (exact) mass is 551 g/mol. The third-order valence-corrected chi connectivity index (χ3v) is 8.75. The van der Waals surface area contributed by atoms with Gasteiger partial charge in [-0.25, -0.2) is 19.3 Å². The van der Waals surface area contributed by atoms with E-state index in [1.807, 2.05) is 41.3 Å². The quantitative estimate of drug-likeness (QED) is 0.291. The van der Waals surface area contributed by atoms with Crippen molar-refractivity contribution in [3.63, 3.8) is 0 Å². The molecule has 2 saturated carbocycles. The van der Waals surface area contributed by atoms with Crippen molar-refractivity contribution in [2.75, 3.05) is 24.5 Å². The first-order valence-corrected chi connectivity index (χ1v) is 14.0. The lowest BCUT2D eigenvalue weighted by Crippen LogP contribution is -2.54. The number of hydrogen-bond acceptors (Lipinski definition) is 7. The average molecular weight is 552 g/mol. The highest BCUT2D eigenvalue weighted by Crippen LogP contribution is 2.75. The Morgan fingerprint density at radius 2 is 1.80 bits per heavy atom. The van der Waals surface area contributed by atoms with E-state index in [1.54, 1.807) is 41.4 Å². The van der Waals surface area contributed by atoms with E-state index >= 15 is 0 Å². The van der Waals surface area contributed by atoms with Crippen LogP contribution in [-0.4, -0.2) is 51.1 Å². The summed E-state index contributed by atoms with van der Waals surface area (Å²) in [5.74, 6) is 0.739. The largest absolute Gasteiger partial charge is 0.369 e. The van der Waals surface area contributed by atoms with E-state index in [4.69, 9.17) is 10.7 Å². The van der Waals surface area contributed by atoms with E-state index in [0.717, 1.165) is 30.6 Å². The number of fused-ring (bicyclic) bond motifs is 1. The summed E-state index contributed by atoms with van der Waals surface area (Å²) in [5.41, 5.74) is 8.98. The highest BCUT2D eigenvalue weighted by Gasteiger charge is 2.79. The Hall–Kier alpha value is -4.44. The zero-order valence-corrected chi connectivity index (χ0v) is 22.4. The molecule has 3 aliphatic rings. The van der Waals surface area contributed by atoms with Crippen molar-refractivity contribution in [3.05, 3.63) is 101 Å². The summed E-state index contributed by atoms with van der Waals surface area (Å²) < 4.78 is 15.0. The molecule has 208 valence electrons. The van der Waals surface area contributed by atoms with Crippen molar-refractivity contribution < 1.29 is 9.18 Å². The topological polar surface area (TPSA) is 119 Å². The van der Waals surface area contributed by atoms with E-state index in [0.29, 0.717) is 48.8 Å². The molecule has 7 rings (SSSR count). The zero-order valence-electron chi connectivity index (χ0n) is 22.4. The van der Waals surface area contributed by atoms with Gasteiger partial charge in [0.25, 0.3) is 5.56 Å². The smallest absolute Gasteiger partial charge is 0.298 e. The van der Waals surface area contributed by atoms with Gasteiger partial charge in [-0.15, -0.1) is 0 Å². The summed E-state index contributed by atoms with van der Waals surface area (Å²) >= 11 is 0. The van der Waals surface area contributed by atoms with Gasteiger partial charge in [0.1, 0.15) is 5.82 Å². The van der Waals surface area contributed by atoms with Crippen LogP contribution in [0.5, 0.6) is 0 Å². The minimum Gasteiger partial charge on any atom is -0.369 e. The van der Waals surface area contributed by atoms with Crippen LogP contribution in [0.25, 0.3) is 17.1 Å². The summed E-state index contributed by atoms with van der Waals surface area (Å²) in [6, 6.07) is 16.6. The number of primary amides is 1. The fourth-order valence-electron chi connectivity index (χ4n) is 6.13. The van der Waals surface area contributed by atoms with E-state index in [-0.39, 0.29) is 28.6 Å². The third-order valence-electron chi connectivity index (χ3n) is 8.75. The number of aromatic nitrogens is 4. The van der Waals surface area contributed by atoms with Gasteiger partial charge >= 0.3 is 0 Å². The highest BCUT2D eigenvalue weighted by molar-refractivity contribution is 5.80. The Morgan fingerprint density at radius 3 is 2.49 bits per heavy atom. The molecule has 3 N–H and O–H groups in total. The van der Waals surface area contributed by atoms with Crippen LogP contribution in [-0.2, 0) is 16.6 Å². The van der Waals surface area contributed by atoms with Gasteiger partial charge in [-0.2, -0.15) is 0 Å². The van der Waals surface area contributed by atoms with Crippen molar-refractivity contribution in [1.82, 2.24) is 24.8 Å². The molecule has 10 heteroatoms. The maximum absolute atomic E-state index is 13.5. The van der Waals surface area contributed by atoms with Crippen LogP contribution in [0.15, 0.2) is 78.0 Å². The average Bonchev–Trinajstić information content (AvgIpc) is 3.85. The molecule has 3 heterocycles. The number of benzene rings is 2. The molecule has 41 heavy (non-hydrogen) atoms. The molecule has 0 bridgehead atoms. The first kappa shape index (κ1) is 25.5. The number of carbonyl (C=O) groups excluding carboxylic acids is 1. The van der Waals surface area contributed by atoms with Gasteiger partial charge in [-0.05, 0) is 79.8 Å². The minimum absolute atomic E-state index is 0.178. The van der Waals surface area contributed by atoms with Gasteiger partial charge in [0.2, 0.25) is 5.91 Å². The SMILES string of the molecule is NC(=O)C1CN(c2nc(CCCN[C@@H]3C4C[C@@]43c3ccc(F)cc3)cn(-c3ccc(-c4ncccn4)cc3)c2=O)C1. The van der Waals surface area contributed by atoms with Gasteiger partial charge in [-0.3, -0.25) is 14.2 Å². The van der Waals surface area contributed by atoms with Gasteiger partial charge in [0, 0.05) is 54.4 Å². The Labute approximate surface area is 236 Å². The first-order valence-electron chi connectivity index (χ1n) is 14.0. The molecule has 1 saturated heterocycles. The number of nitrogens with zero attached hydrogens (tertiary/aromatic N) is 5. The van der Waals surface area contributed by atoms with E-state index in [2.05, 4.69) is 15.3 Å². The van der Waals surface area contributed by atoms with Crippen molar-refractivity contribution in [1.29, 1.82) is 0 Å².